The number of urea groups is 1. The van der Waals surface area contributed by atoms with Crippen LogP contribution >= 0.6 is 0 Å². The smallest absolute Gasteiger partial charge is 0.407 e. The quantitative estimate of drug-likeness (QED) is 0.772. The summed E-state index contributed by atoms with van der Waals surface area (Å²) in [4.78, 5) is 30.7. The maximum absolute atomic E-state index is 12.9. The Balaban J connectivity index is 1.38. The van der Waals surface area contributed by atoms with Crippen molar-refractivity contribution in [3.63, 3.8) is 0 Å². The molecule has 1 saturated heterocycles. The van der Waals surface area contributed by atoms with Crippen molar-refractivity contribution in [2.45, 2.75) is 36.1 Å². The van der Waals surface area contributed by atoms with Gasteiger partial charge in [0.05, 0.1) is 10.1 Å². The van der Waals surface area contributed by atoms with Crippen LogP contribution in [0.3, 0.4) is 0 Å². The summed E-state index contributed by atoms with van der Waals surface area (Å²) in [5.74, 6) is 0. The molecule has 2 N–H and O–H groups in total. The van der Waals surface area contributed by atoms with Crippen LogP contribution in [0, 0.1) is 0 Å². The highest BCUT2D eigenvalue weighted by Crippen LogP contribution is 2.26. The summed E-state index contributed by atoms with van der Waals surface area (Å²) in [5.41, 5.74) is 2.59. The Kier molecular flexibility index (Phi) is 5.33. The SMILES string of the molecule is O=C(O)N1CCC(S(=O)(=O)c2ccc(NC(=O)N3Cc4ccncc4C3)cc2)CC1. The van der Waals surface area contributed by atoms with Crippen molar-refractivity contribution in [3.05, 3.63) is 53.9 Å². The Morgan fingerprint density at radius 3 is 2.30 bits per heavy atom. The van der Waals surface area contributed by atoms with Gasteiger partial charge in [0, 0.05) is 44.3 Å². The van der Waals surface area contributed by atoms with Gasteiger partial charge in [0.25, 0.3) is 0 Å². The highest BCUT2D eigenvalue weighted by atomic mass is 32.2. The molecule has 2 aliphatic heterocycles. The van der Waals surface area contributed by atoms with Crippen molar-refractivity contribution in [2.75, 3.05) is 18.4 Å². The molecular formula is C20H22N4O5S. The van der Waals surface area contributed by atoms with Crippen LogP contribution in [0.4, 0.5) is 15.3 Å². The summed E-state index contributed by atoms with van der Waals surface area (Å²) in [6.45, 7) is 1.41. The molecule has 10 heteroatoms. The Hall–Kier alpha value is -3.14. The number of pyridine rings is 1. The number of nitrogens with zero attached hydrogens (tertiary/aromatic N) is 3. The second-order valence-corrected chi connectivity index (χ2v) is 9.70. The number of fused-ring (bicyclic) bond motifs is 1. The summed E-state index contributed by atoms with van der Waals surface area (Å²) in [6, 6.07) is 7.74. The van der Waals surface area contributed by atoms with Gasteiger partial charge < -0.3 is 20.2 Å². The Morgan fingerprint density at radius 2 is 1.67 bits per heavy atom. The number of carbonyl (C=O) groups excluding carboxylic acids is 1. The number of anilines is 1. The first-order valence-electron chi connectivity index (χ1n) is 9.64. The number of rotatable bonds is 3. The number of benzene rings is 1. The molecule has 0 aliphatic carbocycles. The normalized spacial score (nSPS) is 16.9. The van der Waals surface area contributed by atoms with E-state index in [1.807, 2.05) is 6.07 Å². The molecule has 0 bridgehead atoms. The van der Waals surface area contributed by atoms with E-state index in [0.29, 0.717) is 18.8 Å². The van der Waals surface area contributed by atoms with Gasteiger partial charge in [-0.1, -0.05) is 0 Å². The van der Waals surface area contributed by atoms with E-state index in [4.69, 9.17) is 5.11 Å². The minimum atomic E-state index is -3.56. The third-order valence-corrected chi connectivity index (χ3v) is 7.88. The Morgan fingerprint density at radius 1 is 1.00 bits per heavy atom. The zero-order valence-corrected chi connectivity index (χ0v) is 17.0. The van der Waals surface area contributed by atoms with E-state index in [9.17, 15) is 18.0 Å². The standard InChI is InChI=1S/C20H22N4O5S/c25-19(24-12-14-5-8-21-11-15(14)13-24)22-16-1-3-17(4-2-16)30(28,29)18-6-9-23(10-7-18)20(26)27/h1-5,8,11,18H,6-7,9-10,12-13H2,(H,22,25)(H,26,27). The number of amides is 3. The molecule has 4 rings (SSSR count). The van der Waals surface area contributed by atoms with Gasteiger partial charge in [-0.05, 0) is 54.3 Å². The summed E-state index contributed by atoms with van der Waals surface area (Å²) in [6.07, 6.45) is 2.98. The number of carboxylic acid groups (broad SMARTS) is 1. The van der Waals surface area contributed by atoms with Crippen LogP contribution in [0.25, 0.3) is 0 Å². The predicted octanol–water partition coefficient (Wildman–Crippen LogP) is 2.55. The lowest BCUT2D eigenvalue weighted by molar-refractivity contribution is 0.136. The van der Waals surface area contributed by atoms with Gasteiger partial charge in [0.1, 0.15) is 0 Å². The van der Waals surface area contributed by atoms with E-state index in [1.54, 1.807) is 29.4 Å². The molecule has 1 aromatic heterocycles. The van der Waals surface area contributed by atoms with Crippen molar-refractivity contribution in [2.24, 2.45) is 0 Å². The average Bonchev–Trinajstić information content (AvgIpc) is 3.19. The van der Waals surface area contributed by atoms with Gasteiger partial charge in [-0.3, -0.25) is 4.98 Å². The first-order chi connectivity index (χ1) is 14.3. The van der Waals surface area contributed by atoms with E-state index in [2.05, 4.69) is 10.3 Å². The van der Waals surface area contributed by atoms with E-state index in [1.165, 1.54) is 17.0 Å². The Labute approximate surface area is 174 Å². The van der Waals surface area contributed by atoms with Gasteiger partial charge in [0.15, 0.2) is 9.84 Å². The fourth-order valence-electron chi connectivity index (χ4n) is 3.84. The summed E-state index contributed by atoms with van der Waals surface area (Å²) >= 11 is 0. The third kappa shape index (κ3) is 3.95. The molecule has 2 aromatic rings. The highest BCUT2D eigenvalue weighted by molar-refractivity contribution is 7.92. The lowest BCUT2D eigenvalue weighted by atomic mass is 10.1. The van der Waals surface area contributed by atoms with Gasteiger partial charge in [-0.2, -0.15) is 0 Å². The molecule has 3 heterocycles. The van der Waals surface area contributed by atoms with E-state index in [-0.39, 0.29) is 36.9 Å². The summed E-state index contributed by atoms with van der Waals surface area (Å²) < 4.78 is 25.7. The van der Waals surface area contributed by atoms with Crippen LogP contribution < -0.4 is 5.32 Å². The lowest BCUT2D eigenvalue weighted by Gasteiger charge is -2.29. The van der Waals surface area contributed by atoms with Crippen LogP contribution in [0.15, 0.2) is 47.6 Å². The third-order valence-electron chi connectivity index (χ3n) is 5.60. The monoisotopic (exact) mass is 430 g/mol. The molecule has 0 saturated carbocycles. The van der Waals surface area contributed by atoms with Crippen LogP contribution in [-0.2, 0) is 22.9 Å². The molecule has 3 amide bonds. The topological polar surface area (TPSA) is 120 Å². The highest BCUT2D eigenvalue weighted by Gasteiger charge is 2.32. The molecule has 0 radical (unpaired) electrons. The molecule has 0 atom stereocenters. The second-order valence-electron chi connectivity index (χ2n) is 7.47. The molecule has 0 spiro atoms. The van der Waals surface area contributed by atoms with Gasteiger partial charge in [0.2, 0.25) is 0 Å². The maximum atomic E-state index is 12.9. The van der Waals surface area contributed by atoms with Crippen molar-refractivity contribution < 1.29 is 23.1 Å². The van der Waals surface area contributed by atoms with E-state index < -0.39 is 21.2 Å². The van der Waals surface area contributed by atoms with Crippen LogP contribution in [0.1, 0.15) is 24.0 Å². The maximum Gasteiger partial charge on any atom is 0.407 e. The number of hydrogen-bond donors (Lipinski definition) is 2. The minimum Gasteiger partial charge on any atom is -0.465 e. The number of nitrogens with one attached hydrogen (secondary N) is 1. The fraction of sp³-hybridized carbons (Fsp3) is 0.350. The summed E-state index contributed by atoms with van der Waals surface area (Å²) in [5, 5.41) is 11.2. The number of sulfone groups is 1. The summed E-state index contributed by atoms with van der Waals surface area (Å²) in [7, 11) is -3.56. The minimum absolute atomic E-state index is 0.175. The van der Waals surface area contributed by atoms with Crippen LogP contribution in [0.5, 0.6) is 0 Å². The van der Waals surface area contributed by atoms with Crippen molar-refractivity contribution >= 4 is 27.6 Å². The number of piperidine rings is 1. The number of carbonyl (C=O) groups is 2. The fourth-order valence-corrected chi connectivity index (χ4v) is 5.58. The lowest BCUT2D eigenvalue weighted by Crippen LogP contribution is -2.41. The van der Waals surface area contributed by atoms with Gasteiger partial charge in [-0.15, -0.1) is 0 Å². The van der Waals surface area contributed by atoms with Crippen molar-refractivity contribution in [1.29, 1.82) is 0 Å². The predicted molar refractivity (Wildman–Crippen MR) is 109 cm³/mol. The second kappa shape index (κ2) is 7.94. The molecule has 1 fully saturated rings. The van der Waals surface area contributed by atoms with Crippen LogP contribution in [0.2, 0.25) is 0 Å². The molecule has 30 heavy (non-hydrogen) atoms. The van der Waals surface area contributed by atoms with Crippen molar-refractivity contribution in [1.82, 2.24) is 14.8 Å². The van der Waals surface area contributed by atoms with Crippen LogP contribution in [-0.4, -0.2) is 58.8 Å². The Bertz CT molecular complexity index is 1040. The first-order valence-corrected chi connectivity index (χ1v) is 11.2. The van der Waals surface area contributed by atoms with Crippen molar-refractivity contribution in [3.8, 4) is 0 Å². The molecule has 9 nitrogen and oxygen atoms in total. The zero-order valence-electron chi connectivity index (χ0n) is 16.2. The molecule has 0 unspecified atom stereocenters. The average molecular weight is 430 g/mol. The van der Waals surface area contributed by atoms with Gasteiger partial charge in [-0.25, -0.2) is 18.0 Å². The zero-order chi connectivity index (χ0) is 21.3. The molecule has 1 aromatic carbocycles. The number of aromatic nitrogens is 1. The van der Waals surface area contributed by atoms with E-state index >= 15 is 0 Å². The van der Waals surface area contributed by atoms with E-state index in [0.717, 1.165) is 11.1 Å². The molecule has 158 valence electrons. The number of hydrogen-bond acceptors (Lipinski definition) is 5. The first kappa shape index (κ1) is 20.1. The largest absolute Gasteiger partial charge is 0.465 e. The number of likely N-dealkylation sites (tertiary alicyclic amines) is 1. The molecule has 2 aliphatic rings. The molecular weight excluding hydrogens is 408 g/mol. The van der Waals surface area contributed by atoms with Gasteiger partial charge >= 0.3 is 12.1 Å².